The number of piperazine rings is 1. The second-order valence-electron chi connectivity index (χ2n) is 7.98. The number of benzene rings is 2. The summed E-state index contributed by atoms with van der Waals surface area (Å²) in [5.41, 5.74) is 3.64. The number of likely N-dealkylation sites (N-methyl/N-ethyl adjacent to an activating group) is 1. The average Bonchev–Trinajstić information content (AvgIpc) is 3.19. The van der Waals surface area contributed by atoms with E-state index in [1.165, 1.54) is 16.7 Å². The van der Waals surface area contributed by atoms with Crippen molar-refractivity contribution in [3.63, 3.8) is 0 Å². The Kier molecular flexibility index (Phi) is 6.02. The molecule has 2 aliphatic rings. The number of aryl methyl sites for hydroxylation is 1. The summed E-state index contributed by atoms with van der Waals surface area (Å²) in [6.45, 7) is 8.17. The third kappa shape index (κ3) is 5.08. The Hall–Kier alpha value is -2.57. The van der Waals surface area contributed by atoms with Crippen LogP contribution in [0.15, 0.2) is 42.5 Å². The molecule has 4 rings (SSSR count). The molecule has 0 atom stereocenters. The van der Waals surface area contributed by atoms with Crippen LogP contribution in [0, 0.1) is 6.92 Å². The molecule has 1 fully saturated rings. The molecule has 6 heteroatoms. The van der Waals surface area contributed by atoms with Crippen LogP contribution in [0.5, 0.6) is 11.5 Å². The normalized spacial score (nSPS) is 16.8. The molecule has 0 aliphatic carbocycles. The summed E-state index contributed by atoms with van der Waals surface area (Å²) >= 11 is 0. The smallest absolute Gasteiger partial charge is 0.236 e. The molecule has 0 saturated carbocycles. The standard InChI is InChI=1S/C23H29N3O3/c1-18-3-5-19(6-4-18)14-24(2)23(27)16-26-11-9-25(10-12-26)15-20-7-8-21-22(13-20)29-17-28-21/h3-8,13H,9-12,14-17H2,1-2H3. The Bertz CT molecular complexity index is 845. The number of rotatable bonds is 6. The Labute approximate surface area is 172 Å². The summed E-state index contributed by atoms with van der Waals surface area (Å²) in [7, 11) is 1.89. The second kappa shape index (κ2) is 8.84. The highest BCUT2D eigenvalue weighted by molar-refractivity contribution is 5.78. The first-order chi connectivity index (χ1) is 14.1. The zero-order valence-corrected chi connectivity index (χ0v) is 17.3. The van der Waals surface area contributed by atoms with E-state index in [4.69, 9.17) is 9.47 Å². The molecule has 2 aromatic rings. The molecule has 0 spiro atoms. The van der Waals surface area contributed by atoms with Crippen LogP contribution in [-0.2, 0) is 17.9 Å². The first kappa shape index (κ1) is 19.7. The molecule has 0 aromatic heterocycles. The molecule has 1 saturated heterocycles. The molecular weight excluding hydrogens is 366 g/mol. The summed E-state index contributed by atoms with van der Waals surface area (Å²) in [5.74, 6) is 1.84. The molecule has 2 aliphatic heterocycles. The molecule has 0 unspecified atom stereocenters. The number of nitrogens with zero attached hydrogens (tertiary/aromatic N) is 3. The van der Waals surface area contributed by atoms with Gasteiger partial charge in [-0.15, -0.1) is 0 Å². The fourth-order valence-electron chi connectivity index (χ4n) is 3.77. The lowest BCUT2D eigenvalue weighted by atomic mass is 10.1. The van der Waals surface area contributed by atoms with Crippen molar-refractivity contribution in [2.45, 2.75) is 20.0 Å². The fourth-order valence-corrected chi connectivity index (χ4v) is 3.77. The summed E-state index contributed by atoms with van der Waals surface area (Å²) in [6, 6.07) is 14.5. The average molecular weight is 396 g/mol. The van der Waals surface area contributed by atoms with Crippen molar-refractivity contribution in [3.05, 3.63) is 59.2 Å². The van der Waals surface area contributed by atoms with Gasteiger partial charge in [0, 0.05) is 46.3 Å². The van der Waals surface area contributed by atoms with Crippen LogP contribution in [0.1, 0.15) is 16.7 Å². The zero-order valence-electron chi connectivity index (χ0n) is 17.3. The number of ether oxygens (including phenoxy) is 2. The van der Waals surface area contributed by atoms with Gasteiger partial charge in [0.15, 0.2) is 11.5 Å². The SMILES string of the molecule is Cc1ccc(CN(C)C(=O)CN2CCN(Cc3ccc4c(c3)OCO4)CC2)cc1. The summed E-state index contributed by atoms with van der Waals surface area (Å²) in [4.78, 5) is 19.1. The van der Waals surface area contributed by atoms with Crippen molar-refractivity contribution in [1.29, 1.82) is 0 Å². The molecule has 6 nitrogen and oxygen atoms in total. The van der Waals surface area contributed by atoms with Crippen molar-refractivity contribution in [2.24, 2.45) is 0 Å². The predicted octanol–water partition coefficient (Wildman–Crippen LogP) is 2.50. The van der Waals surface area contributed by atoms with Gasteiger partial charge in [0.05, 0.1) is 6.54 Å². The lowest BCUT2D eigenvalue weighted by Gasteiger charge is -2.35. The molecule has 2 aromatic carbocycles. The minimum atomic E-state index is 0.176. The zero-order chi connectivity index (χ0) is 20.2. The van der Waals surface area contributed by atoms with Crippen molar-refractivity contribution in [1.82, 2.24) is 14.7 Å². The number of hydrogen-bond acceptors (Lipinski definition) is 5. The maximum atomic E-state index is 12.6. The van der Waals surface area contributed by atoms with E-state index in [1.54, 1.807) is 0 Å². The molecular formula is C23H29N3O3. The van der Waals surface area contributed by atoms with Crippen LogP contribution in [0.3, 0.4) is 0 Å². The van der Waals surface area contributed by atoms with Gasteiger partial charge in [-0.25, -0.2) is 0 Å². The van der Waals surface area contributed by atoms with Crippen molar-refractivity contribution < 1.29 is 14.3 Å². The van der Waals surface area contributed by atoms with Gasteiger partial charge in [0.2, 0.25) is 12.7 Å². The first-order valence-electron chi connectivity index (χ1n) is 10.2. The molecule has 29 heavy (non-hydrogen) atoms. The minimum absolute atomic E-state index is 0.176. The fraction of sp³-hybridized carbons (Fsp3) is 0.435. The molecule has 0 N–H and O–H groups in total. The summed E-state index contributed by atoms with van der Waals surface area (Å²) in [6.07, 6.45) is 0. The van der Waals surface area contributed by atoms with E-state index in [1.807, 2.05) is 18.0 Å². The number of carbonyl (C=O) groups is 1. The van der Waals surface area contributed by atoms with Crippen molar-refractivity contribution >= 4 is 5.91 Å². The van der Waals surface area contributed by atoms with Crippen LogP contribution >= 0.6 is 0 Å². The lowest BCUT2D eigenvalue weighted by Crippen LogP contribution is -2.49. The van der Waals surface area contributed by atoms with E-state index in [9.17, 15) is 4.79 Å². The molecule has 2 heterocycles. The van der Waals surface area contributed by atoms with Crippen molar-refractivity contribution in [2.75, 3.05) is 46.6 Å². The van der Waals surface area contributed by atoms with Crippen molar-refractivity contribution in [3.8, 4) is 11.5 Å². The minimum Gasteiger partial charge on any atom is -0.454 e. The van der Waals surface area contributed by atoms with Gasteiger partial charge in [-0.05, 0) is 30.2 Å². The first-order valence-corrected chi connectivity index (χ1v) is 10.2. The highest BCUT2D eigenvalue weighted by atomic mass is 16.7. The number of carbonyl (C=O) groups excluding carboxylic acids is 1. The van der Waals surface area contributed by atoms with Gasteiger partial charge in [-0.1, -0.05) is 35.9 Å². The Morgan fingerprint density at radius 3 is 2.34 bits per heavy atom. The second-order valence-corrected chi connectivity index (χ2v) is 7.98. The third-order valence-electron chi connectivity index (χ3n) is 5.63. The molecule has 0 bridgehead atoms. The van der Waals surface area contributed by atoms with E-state index in [0.717, 1.165) is 44.2 Å². The van der Waals surface area contributed by atoms with E-state index >= 15 is 0 Å². The van der Waals surface area contributed by atoms with Crippen LogP contribution in [0.25, 0.3) is 0 Å². The quantitative estimate of drug-likeness (QED) is 0.752. The topological polar surface area (TPSA) is 45.3 Å². The van der Waals surface area contributed by atoms with E-state index in [-0.39, 0.29) is 5.91 Å². The predicted molar refractivity (Wildman–Crippen MR) is 112 cm³/mol. The summed E-state index contributed by atoms with van der Waals surface area (Å²) in [5, 5.41) is 0. The van der Waals surface area contributed by atoms with E-state index < -0.39 is 0 Å². The van der Waals surface area contributed by atoms with Crippen LogP contribution in [0.2, 0.25) is 0 Å². The van der Waals surface area contributed by atoms with Gasteiger partial charge < -0.3 is 14.4 Å². The highest BCUT2D eigenvalue weighted by Crippen LogP contribution is 2.32. The van der Waals surface area contributed by atoms with Gasteiger partial charge in [-0.3, -0.25) is 14.6 Å². The van der Waals surface area contributed by atoms with Gasteiger partial charge >= 0.3 is 0 Å². The third-order valence-corrected chi connectivity index (χ3v) is 5.63. The maximum Gasteiger partial charge on any atom is 0.236 e. The maximum absolute atomic E-state index is 12.6. The lowest BCUT2D eigenvalue weighted by molar-refractivity contribution is -0.132. The van der Waals surface area contributed by atoms with E-state index in [2.05, 4.69) is 53.1 Å². The summed E-state index contributed by atoms with van der Waals surface area (Å²) < 4.78 is 10.8. The largest absolute Gasteiger partial charge is 0.454 e. The number of fused-ring (bicyclic) bond motifs is 1. The Balaban J connectivity index is 1.22. The van der Waals surface area contributed by atoms with Gasteiger partial charge in [-0.2, -0.15) is 0 Å². The number of hydrogen-bond donors (Lipinski definition) is 0. The van der Waals surface area contributed by atoms with Crippen LogP contribution in [0.4, 0.5) is 0 Å². The van der Waals surface area contributed by atoms with Crippen LogP contribution in [-0.4, -0.2) is 67.2 Å². The van der Waals surface area contributed by atoms with Gasteiger partial charge in [0.1, 0.15) is 0 Å². The Morgan fingerprint density at radius 2 is 1.59 bits per heavy atom. The highest BCUT2D eigenvalue weighted by Gasteiger charge is 2.21. The molecule has 154 valence electrons. The van der Waals surface area contributed by atoms with Gasteiger partial charge in [0.25, 0.3) is 0 Å². The molecule has 0 radical (unpaired) electrons. The Morgan fingerprint density at radius 1 is 0.931 bits per heavy atom. The monoisotopic (exact) mass is 395 g/mol. The van der Waals surface area contributed by atoms with E-state index in [0.29, 0.717) is 19.9 Å². The number of amides is 1. The van der Waals surface area contributed by atoms with Crippen LogP contribution < -0.4 is 9.47 Å². The molecule has 1 amide bonds.